The van der Waals surface area contributed by atoms with E-state index in [1.807, 2.05) is 30.5 Å². The first-order valence-corrected chi connectivity index (χ1v) is 10.9. The number of carboxylic acids is 1. The van der Waals surface area contributed by atoms with Crippen LogP contribution in [0.1, 0.15) is 17.5 Å². The standard InChI is InChI=1S/C21H23N3O5S/c25-21(26)10-9-18-8-7-17(16-24-13-4-11-22-24)15-20(18)29-14-12-23-30(27,28)19-5-2-1-3-6-19/h1-8,11,13,15,23H,9-10,12,14,16H2,(H,25,26). The van der Waals surface area contributed by atoms with Crippen molar-refractivity contribution in [2.24, 2.45) is 0 Å². The van der Waals surface area contributed by atoms with Crippen LogP contribution in [0.25, 0.3) is 0 Å². The Bertz CT molecular complexity index is 1070. The van der Waals surface area contributed by atoms with Crippen LogP contribution < -0.4 is 9.46 Å². The second kappa shape index (κ2) is 10.0. The molecule has 1 heterocycles. The third-order valence-corrected chi connectivity index (χ3v) is 5.83. The van der Waals surface area contributed by atoms with Gasteiger partial charge in [0.1, 0.15) is 12.4 Å². The van der Waals surface area contributed by atoms with Crippen LogP contribution in [0.4, 0.5) is 0 Å². The highest BCUT2D eigenvalue weighted by Crippen LogP contribution is 2.23. The zero-order valence-corrected chi connectivity index (χ0v) is 17.1. The van der Waals surface area contributed by atoms with Gasteiger partial charge in [0.15, 0.2) is 0 Å². The zero-order chi connectivity index (χ0) is 21.4. The minimum atomic E-state index is -3.61. The molecule has 0 aliphatic rings. The second-order valence-electron chi connectivity index (χ2n) is 6.60. The van der Waals surface area contributed by atoms with Gasteiger partial charge in [0, 0.05) is 25.4 Å². The summed E-state index contributed by atoms with van der Waals surface area (Å²) in [6.45, 7) is 0.736. The van der Waals surface area contributed by atoms with Gasteiger partial charge in [0.05, 0.1) is 11.4 Å². The van der Waals surface area contributed by atoms with Crippen LogP contribution in [0, 0.1) is 0 Å². The zero-order valence-electron chi connectivity index (χ0n) is 16.3. The summed E-state index contributed by atoms with van der Waals surface area (Å²) in [5, 5.41) is 13.2. The predicted molar refractivity (Wildman–Crippen MR) is 111 cm³/mol. The molecule has 0 unspecified atom stereocenters. The van der Waals surface area contributed by atoms with Crippen molar-refractivity contribution >= 4 is 16.0 Å². The van der Waals surface area contributed by atoms with E-state index in [-0.39, 0.29) is 24.5 Å². The molecule has 0 atom stereocenters. The van der Waals surface area contributed by atoms with Gasteiger partial charge in [-0.1, -0.05) is 30.3 Å². The highest BCUT2D eigenvalue weighted by atomic mass is 32.2. The quantitative estimate of drug-likeness (QED) is 0.453. The molecule has 2 N–H and O–H groups in total. The fourth-order valence-electron chi connectivity index (χ4n) is 2.88. The lowest BCUT2D eigenvalue weighted by Crippen LogP contribution is -2.28. The number of nitrogens with zero attached hydrogens (tertiary/aromatic N) is 2. The lowest BCUT2D eigenvalue weighted by molar-refractivity contribution is -0.136. The van der Waals surface area contributed by atoms with Gasteiger partial charge in [-0.3, -0.25) is 9.48 Å². The molecule has 0 fully saturated rings. The Balaban J connectivity index is 1.65. The molecule has 0 saturated carbocycles. The van der Waals surface area contributed by atoms with E-state index < -0.39 is 16.0 Å². The minimum absolute atomic E-state index is 0.0184. The number of aryl methyl sites for hydroxylation is 1. The van der Waals surface area contributed by atoms with Crippen LogP contribution in [-0.2, 0) is 27.8 Å². The largest absolute Gasteiger partial charge is 0.492 e. The highest BCUT2D eigenvalue weighted by Gasteiger charge is 2.13. The fraction of sp³-hybridized carbons (Fsp3) is 0.238. The van der Waals surface area contributed by atoms with Gasteiger partial charge in [-0.2, -0.15) is 5.10 Å². The lowest BCUT2D eigenvalue weighted by atomic mass is 10.1. The van der Waals surface area contributed by atoms with Crippen LogP contribution in [0.5, 0.6) is 5.75 Å². The van der Waals surface area contributed by atoms with E-state index >= 15 is 0 Å². The molecule has 8 nitrogen and oxygen atoms in total. The monoisotopic (exact) mass is 429 g/mol. The molecule has 0 aliphatic heterocycles. The molecule has 0 aliphatic carbocycles. The first-order chi connectivity index (χ1) is 14.4. The van der Waals surface area contributed by atoms with E-state index in [0.717, 1.165) is 11.1 Å². The smallest absolute Gasteiger partial charge is 0.303 e. The Morgan fingerprint density at radius 3 is 2.63 bits per heavy atom. The maximum atomic E-state index is 12.3. The molecule has 158 valence electrons. The van der Waals surface area contributed by atoms with Crippen molar-refractivity contribution in [1.82, 2.24) is 14.5 Å². The van der Waals surface area contributed by atoms with Gasteiger partial charge in [-0.25, -0.2) is 13.1 Å². The van der Waals surface area contributed by atoms with E-state index in [1.165, 1.54) is 12.1 Å². The molecule has 30 heavy (non-hydrogen) atoms. The highest BCUT2D eigenvalue weighted by molar-refractivity contribution is 7.89. The lowest BCUT2D eigenvalue weighted by Gasteiger charge is -2.14. The first kappa shape index (κ1) is 21.5. The fourth-order valence-corrected chi connectivity index (χ4v) is 3.92. The van der Waals surface area contributed by atoms with Crippen LogP contribution in [-0.4, -0.2) is 42.4 Å². The average molecular weight is 429 g/mol. The Morgan fingerprint density at radius 2 is 1.93 bits per heavy atom. The summed E-state index contributed by atoms with van der Waals surface area (Å²) < 4.78 is 34.6. The number of hydrogen-bond donors (Lipinski definition) is 2. The predicted octanol–water partition coefficient (Wildman–Crippen LogP) is 2.31. The molecule has 0 saturated heterocycles. The van der Waals surface area contributed by atoms with Crippen molar-refractivity contribution in [3.05, 3.63) is 78.1 Å². The summed E-state index contributed by atoms with van der Waals surface area (Å²) in [5.41, 5.74) is 1.70. The molecular formula is C21H23N3O5S. The van der Waals surface area contributed by atoms with Crippen LogP contribution in [0.2, 0.25) is 0 Å². The number of hydrogen-bond acceptors (Lipinski definition) is 5. The molecule has 0 amide bonds. The van der Waals surface area contributed by atoms with Crippen LogP contribution >= 0.6 is 0 Å². The van der Waals surface area contributed by atoms with Gasteiger partial charge >= 0.3 is 5.97 Å². The summed E-state index contributed by atoms with van der Waals surface area (Å²) in [6.07, 6.45) is 3.84. The van der Waals surface area contributed by atoms with Crippen molar-refractivity contribution in [3.63, 3.8) is 0 Å². The molecule has 2 aromatic carbocycles. The van der Waals surface area contributed by atoms with Gasteiger partial charge in [-0.05, 0) is 41.8 Å². The van der Waals surface area contributed by atoms with Crippen molar-refractivity contribution in [3.8, 4) is 5.75 Å². The van der Waals surface area contributed by atoms with Gasteiger partial charge in [0.2, 0.25) is 10.0 Å². The number of carbonyl (C=O) groups is 1. The van der Waals surface area contributed by atoms with E-state index in [4.69, 9.17) is 9.84 Å². The average Bonchev–Trinajstić information content (AvgIpc) is 3.24. The number of aliphatic carboxylic acids is 1. The summed E-state index contributed by atoms with van der Waals surface area (Å²) in [4.78, 5) is 11.1. The molecular weight excluding hydrogens is 406 g/mol. The SMILES string of the molecule is O=C(O)CCc1ccc(Cn2cccn2)cc1OCCNS(=O)(=O)c1ccccc1. The Morgan fingerprint density at radius 1 is 1.13 bits per heavy atom. The maximum absolute atomic E-state index is 12.3. The van der Waals surface area contributed by atoms with Crippen molar-refractivity contribution in [2.75, 3.05) is 13.2 Å². The Hall–Kier alpha value is -3.17. The number of nitrogens with one attached hydrogen (secondary N) is 1. The Labute approximate surface area is 175 Å². The first-order valence-electron chi connectivity index (χ1n) is 9.42. The van der Waals surface area contributed by atoms with E-state index in [1.54, 1.807) is 29.1 Å². The summed E-state index contributed by atoms with van der Waals surface area (Å²) in [7, 11) is -3.61. The molecule has 1 aromatic heterocycles. The minimum Gasteiger partial charge on any atom is -0.492 e. The summed E-state index contributed by atoms with van der Waals surface area (Å²) in [5.74, 6) is -0.350. The number of sulfonamides is 1. The second-order valence-corrected chi connectivity index (χ2v) is 8.37. The van der Waals surface area contributed by atoms with Crippen LogP contribution in [0.3, 0.4) is 0 Å². The van der Waals surface area contributed by atoms with Crippen molar-refractivity contribution < 1.29 is 23.1 Å². The number of benzene rings is 2. The number of rotatable bonds is 11. The molecule has 0 radical (unpaired) electrons. The normalized spacial score (nSPS) is 11.3. The molecule has 3 rings (SSSR count). The van der Waals surface area contributed by atoms with E-state index in [9.17, 15) is 13.2 Å². The third-order valence-electron chi connectivity index (χ3n) is 4.35. The van der Waals surface area contributed by atoms with Crippen molar-refractivity contribution in [2.45, 2.75) is 24.3 Å². The number of ether oxygens (including phenoxy) is 1. The molecule has 0 spiro atoms. The van der Waals surface area contributed by atoms with Crippen molar-refractivity contribution in [1.29, 1.82) is 0 Å². The number of carboxylic acid groups (broad SMARTS) is 1. The number of aromatic nitrogens is 2. The molecule has 3 aromatic rings. The third kappa shape index (κ3) is 6.16. The molecule has 0 bridgehead atoms. The maximum Gasteiger partial charge on any atom is 0.303 e. The van der Waals surface area contributed by atoms with Gasteiger partial charge in [-0.15, -0.1) is 0 Å². The summed E-state index contributed by atoms with van der Waals surface area (Å²) >= 11 is 0. The van der Waals surface area contributed by atoms with Crippen LogP contribution in [0.15, 0.2) is 71.9 Å². The topological polar surface area (TPSA) is 111 Å². The van der Waals surface area contributed by atoms with E-state index in [2.05, 4.69) is 9.82 Å². The van der Waals surface area contributed by atoms with Gasteiger partial charge < -0.3 is 9.84 Å². The van der Waals surface area contributed by atoms with E-state index in [0.29, 0.717) is 18.7 Å². The van der Waals surface area contributed by atoms with Gasteiger partial charge in [0.25, 0.3) is 0 Å². The summed E-state index contributed by atoms with van der Waals surface area (Å²) in [6, 6.07) is 15.5. The Kier molecular flexibility index (Phi) is 7.21. The molecule has 9 heteroatoms.